The SMILES string of the molecule is Cc1cc(Cl)c2c(c1C)[C@H](N)CCC2C. The van der Waals surface area contributed by atoms with Gasteiger partial charge < -0.3 is 5.73 Å². The zero-order chi connectivity index (χ0) is 11.2. The van der Waals surface area contributed by atoms with Crippen LogP contribution in [0.1, 0.15) is 54.0 Å². The summed E-state index contributed by atoms with van der Waals surface area (Å²) >= 11 is 6.32. The van der Waals surface area contributed by atoms with Crippen LogP contribution < -0.4 is 5.73 Å². The highest BCUT2D eigenvalue weighted by Gasteiger charge is 2.26. The summed E-state index contributed by atoms with van der Waals surface area (Å²) in [5, 5.41) is 0.899. The molecule has 0 spiro atoms. The first-order chi connectivity index (χ1) is 7.02. The summed E-state index contributed by atoms with van der Waals surface area (Å²) in [6, 6.07) is 2.25. The van der Waals surface area contributed by atoms with Gasteiger partial charge in [0.05, 0.1) is 0 Å². The maximum absolute atomic E-state index is 6.32. The fourth-order valence-electron chi connectivity index (χ4n) is 2.62. The van der Waals surface area contributed by atoms with Crippen LogP contribution in [0.2, 0.25) is 5.02 Å². The van der Waals surface area contributed by atoms with Crippen LogP contribution >= 0.6 is 11.6 Å². The molecule has 0 saturated heterocycles. The van der Waals surface area contributed by atoms with Crippen LogP contribution in [0, 0.1) is 13.8 Å². The predicted octanol–water partition coefficient (Wildman–Crippen LogP) is 3.85. The van der Waals surface area contributed by atoms with Crippen LogP contribution in [-0.4, -0.2) is 0 Å². The molecule has 0 fully saturated rings. The quantitative estimate of drug-likeness (QED) is 0.710. The lowest BCUT2D eigenvalue weighted by Crippen LogP contribution is -2.21. The van der Waals surface area contributed by atoms with E-state index in [0.717, 1.165) is 17.9 Å². The Bertz CT molecular complexity index is 398. The minimum Gasteiger partial charge on any atom is -0.324 e. The van der Waals surface area contributed by atoms with Gasteiger partial charge in [-0.15, -0.1) is 0 Å². The highest BCUT2D eigenvalue weighted by Crippen LogP contribution is 2.42. The van der Waals surface area contributed by atoms with Crippen LogP contribution in [0.4, 0.5) is 0 Å². The van der Waals surface area contributed by atoms with Crippen molar-refractivity contribution >= 4 is 11.6 Å². The molecule has 1 aromatic carbocycles. The van der Waals surface area contributed by atoms with Crippen LogP contribution in [0.25, 0.3) is 0 Å². The van der Waals surface area contributed by atoms with E-state index >= 15 is 0 Å². The van der Waals surface area contributed by atoms with E-state index in [2.05, 4.69) is 26.8 Å². The fourth-order valence-corrected chi connectivity index (χ4v) is 3.07. The van der Waals surface area contributed by atoms with Crippen LogP contribution in [-0.2, 0) is 0 Å². The van der Waals surface area contributed by atoms with Gasteiger partial charge in [0.25, 0.3) is 0 Å². The molecule has 0 radical (unpaired) electrons. The first-order valence-electron chi connectivity index (χ1n) is 5.57. The molecule has 1 nitrogen and oxygen atoms in total. The lowest BCUT2D eigenvalue weighted by molar-refractivity contribution is 0.511. The van der Waals surface area contributed by atoms with E-state index in [1.807, 2.05) is 0 Å². The van der Waals surface area contributed by atoms with Crippen LogP contribution in [0.3, 0.4) is 0 Å². The second-order valence-electron chi connectivity index (χ2n) is 4.71. The van der Waals surface area contributed by atoms with Crippen molar-refractivity contribution in [2.45, 2.75) is 45.6 Å². The summed E-state index contributed by atoms with van der Waals surface area (Å²) in [5.74, 6) is 0.548. The van der Waals surface area contributed by atoms with Gasteiger partial charge in [0.15, 0.2) is 0 Å². The molecule has 2 rings (SSSR count). The number of rotatable bonds is 0. The molecule has 1 unspecified atom stereocenters. The molecular formula is C13H18ClN. The van der Waals surface area contributed by atoms with E-state index < -0.39 is 0 Å². The largest absolute Gasteiger partial charge is 0.324 e. The monoisotopic (exact) mass is 223 g/mol. The normalized spacial score (nSPS) is 25.1. The molecule has 0 amide bonds. The molecule has 1 aliphatic carbocycles. The maximum Gasteiger partial charge on any atom is 0.0446 e. The van der Waals surface area contributed by atoms with Gasteiger partial charge in [0.1, 0.15) is 0 Å². The molecule has 0 saturated carbocycles. The number of benzene rings is 1. The third-order valence-corrected chi connectivity index (χ3v) is 3.97. The molecule has 0 aliphatic heterocycles. The molecule has 15 heavy (non-hydrogen) atoms. The molecular weight excluding hydrogens is 206 g/mol. The van der Waals surface area contributed by atoms with Crippen molar-refractivity contribution in [2.24, 2.45) is 5.73 Å². The number of halogens is 1. The van der Waals surface area contributed by atoms with E-state index in [4.69, 9.17) is 17.3 Å². The zero-order valence-corrected chi connectivity index (χ0v) is 10.4. The van der Waals surface area contributed by atoms with Crippen molar-refractivity contribution in [3.8, 4) is 0 Å². The van der Waals surface area contributed by atoms with Gasteiger partial charge in [-0.3, -0.25) is 0 Å². The minimum absolute atomic E-state index is 0.175. The van der Waals surface area contributed by atoms with Crippen molar-refractivity contribution in [1.82, 2.24) is 0 Å². The first-order valence-corrected chi connectivity index (χ1v) is 5.95. The average Bonchev–Trinajstić information content (AvgIpc) is 2.18. The Morgan fingerprint density at radius 3 is 2.60 bits per heavy atom. The molecule has 2 heteroatoms. The lowest BCUT2D eigenvalue weighted by Gasteiger charge is -2.30. The molecule has 2 atom stereocenters. The van der Waals surface area contributed by atoms with Gasteiger partial charge in [0.2, 0.25) is 0 Å². The smallest absolute Gasteiger partial charge is 0.0446 e. The predicted molar refractivity (Wildman–Crippen MR) is 65.5 cm³/mol. The fraction of sp³-hybridized carbons (Fsp3) is 0.538. The molecule has 0 aromatic heterocycles. The average molecular weight is 224 g/mol. The van der Waals surface area contributed by atoms with Gasteiger partial charge in [-0.2, -0.15) is 0 Å². The van der Waals surface area contributed by atoms with E-state index in [9.17, 15) is 0 Å². The summed E-state index contributed by atoms with van der Waals surface area (Å²) in [6.45, 7) is 6.50. The second-order valence-corrected chi connectivity index (χ2v) is 5.12. The third kappa shape index (κ3) is 1.68. The second kappa shape index (κ2) is 3.80. The molecule has 2 N–H and O–H groups in total. The summed E-state index contributed by atoms with van der Waals surface area (Å²) in [7, 11) is 0. The van der Waals surface area contributed by atoms with Gasteiger partial charge >= 0.3 is 0 Å². The van der Waals surface area contributed by atoms with E-state index in [1.54, 1.807) is 0 Å². The molecule has 0 heterocycles. The molecule has 82 valence electrons. The van der Waals surface area contributed by atoms with E-state index in [0.29, 0.717) is 5.92 Å². The van der Waals surface area contributed by atoms with Gasteiger partial charge in [-0.25, -0.2) is 0 Å². The standard InChI is InChI=1S/C13H18ClN/c1-7-4-5-11(15)13-9(3)8(2)6-10(14)12(7)13/h6-7,11H,4-5,15H2,1-3H3/t7?,11-/m1/s1. The van der Waals surface area contributed by atoms with E-state index in [1.165, 1.54) is 22.3 Å². The Kier molecular flexibility index (Phi) is 2.78. The van der Waals surface area contributed by atoms with Crippen molar-refractivity contribution < 1.29 is 0 Å². The summed E-state index contributed by atoms with van der Waals surface area (Å²) in [5.41, 5.74) is 11.4. The highest BCUT2D eigenvalue weighted by atomic mass is 35.5. The van der Waals surface area contributed by atoms with Crippen molar-refractivity contribution in [3.63, 3.8) is 0 Å². The Morgan fingerprint density at radius 2 is 1.93 bits per heavy atom. The number of hydrogen-bond donors (Lipinski definition) is 1. The molecule has 0 bridgehead atoms. The van der Waals surface area contributed by atoms with Gasteiger partial charge in [-0.1, -0.05) is 18.5 Å². The number of aryl methyl sites for hydroxylation is 1. The van der Waals surface area contributed by atoms with Gasteiger partial charge in [-0.05, 0) is 60.9 Å². The molecule has 1 aromatic rings. The van der Waals surface area contributed by atoms with Crippen molar-refractivity contribution in [1.29, 1.82) is 0 Å². The van der Waals surface area contributed by atoms with E-state index in [-0.39, 0.29) is 6.04 Å². The zero-order valence-electron chi connectivity index (χ0n) is 9.60. The number of hydrogen-bond acceptors (Lipinski definition) is 1. The van der Waals surface area contributed by atoms with Gasteiger partial charge in [0, 0.05) is 11.1 Å². The molecule has 1 aliphatic rings. The Hall–Kier alpha value is -0.530. The number of fused-ring (bicyclic) bond motifs is 1. The topological polar surface area (TPSA) is 26.0 Å². The van der Waals surface area contributed by atoms with Crippen molar-refractivity contribution in [3.05, 3.63) is 33.3 Å². The number of nitrogens with two attached hydrogens (primary N) is 1. The van der Waals surface area contributed by atoms with Crippen LogP contribution in [0.5, 0.6) is 0 Å². The Balaban J connectivity index is 2.71. The van der Waals surface area contributed by atoms with Crippen molar-refractivity contribution in [2.75, 3.05) is 0 Å². The summed E-state index contributed by atoms with van der Waals surface area (Å²) in [6.07, 6.45) is 2.23. The van der Waals surface area contributed by atoms with Crippen LogP contribution in [0.15, 0.2) is 6.07 Å². The third-order valence-electron chi connectivity index (χ3n) is 3.66. The summed E-state index contributed by atoms with van der Waals surface area (Å²) < 4.78 is 0. The Morgan fingerprint density at radius 1 is 1.27 bits per heavy atom. The maximum atomic E-state index is 6.32. The Labute approximate surface area is 96.6 Å². The lowest BCUT2D eigenvalue weighted by atomic mass is 9.78. The summed E-state index contributed by atoms with van der Waals surface area (Å²) in [4.78, 5) is 0. The minimum atomic E-state index is 0.175. The first kappa shape index (κ1) is 11.0. The highest BCUT2D eigenvalue weighted by molar-refractivity contribution is 6.31.